The molecular weight excluding hydrogens is 272 g/mol. The number of amides is 1. The van der Waals surface area contributed by atoms with Gasteiger partial charge in [0, 0.05) is 17.8 Å². The molecule has 0 radical (unpaired) electrons. The molecule has 22 heavy (non-hydrogen) atoms. The Morgan fingerprint density at radius 3 is 2.73 bits per heavy atom. The van der Waals surface area contributed by atoms with Gasteiger partial charge >= 0.3 is 0 Å². The SMILES string of the molecule is O=C(NC(c1ccccc1)C1CC1)c1ccc2c(c1)CCN2. The highest BCUT2D eigenvalue weighted by molar-refractivity contribution is 5.95. The van der Waals surface area contributed by atoms with Crippen molar-refractivity contribution in [2.24, 2.45) is 5.92 Å². The number of carbonyl (C=O) groups is 1. The van der Waals surface area contributed by atoms with Crippen molar-refractivity contribution < 1.29 is 4.79 Å². The third-order valence-corrected chi connectivity index (χ3v) is 4.62. The number of benzene rings is 2. The van der Waals surface area contributed by atoms with Crippen molar-refractivity contribution in [1.29, 1.82) is 0 Å². The fourth-order valence-electron chi connectivity index (χ4n) is 3.23. The highest BCUT2D eigenvalue weighted by Gasteiger charge is 2.33. The lowest BCUT2D eigenvalue weighted by Crippen LogP contribution is -2.29. The quantitative estimate of drug-likeness (QED) is 0.905. The largest absolute Gasteiger partial charge is 0.384 e. The zero-order chi connectivity index (χ0) is 14.9. The van der Waals surface area contributed by atoms with Crippen LogP contribution in [0.4, 0.5) is 5.69 Å². The average Bonchev–Trinajstić information content (AvgIpc) is 3.29. The summed E-state index contributed by atoms with van der Waals surface area (Å²) in [6.45, 7) is 0.967. The minimum Gasteiger partial charge on any atom is -0.384 e. The Hall–Kier alpha value is -2.29. The topological polar surface area (TPSA) is 41.1 Å². The fourth-order valence-corrected chi connectivity index (χ4v) is 3.23. The van der Waals surface area contributed by atoms with Gasteiger partial charge in [-0.15, -0.1) is 0 Å². The predicted octanol–water partition coefficient (Wildman–Crippen LogP) is 3.54. The molecule has 2 aromatic carbocycles. The summed E-state index contributed by atoms with van der Waals surface area (Å²) in [4.78, 5) is 12.6. The molecule has 1 aliphatic heterocycles. The molecule has 2 aromatic rings. The van der Waals surface area contributed by atoms with Gasteiger partial charge in [0.25, 0.3) is 5.91 Å². The van der Waals surface area contributed by atoms with Crippen LogP contribution in [0.2, 0.25) is 0 Å². The van der Waals surface area contributed by atoms with Crippen LogP contribution in [0.3, 0.4) is 0 Å². The Morgan fingerprint density at radius 2 is 1.95 bits per heavy atom. The lowest BCUT2D eigenvalue weighted by molar-refractivity contribution is 0.0931. The van der Waals surface area contributed by atoms with Gasteiger partial charge in [-0.25, -0.2) is 0 Å². The summed E-state index contributed by atoms with van der Waals surface area (Å²) in [5.41, 5.74) is 4.39. The first-order valence-electron chi connectivity index (χ1n) is 8.04. The maximum Gasteiger partial charge on any atom is 0.251 e. The smallest absolute Gasteiger partial charge is 0.251 e. The van der Waals surface area contributed by atoms with Crippen LogP contribution >= 0.6 is 0 Å². The molecule has 112 valence electrons. The lowest BCUT2D eigenvalue weighted by atomic mass is 10.0. The molecule has 3 heteroatoms. The van der Waals surface area contributed by atoms with Gasteiger partial charge in [-0.2, -0.15) is 0 Å². The Kier molecular flexibility index (Phi) is 3.34. The number of fused-ring (bicyclic) bond motifs is 1. The molecule has 4 rings (SSSR count). The van der Waals surface area contributed by atoms with E-state index < -0.39 is 0 Å². The zero-order valence-corrected chi connectivity index (χ0v) is 12.5. The zero-order valence-electron chi connectivity index (χ0n) is 12.5. The van der Waals surface area contributed by atoms with Crippen LogP contribution < -0.4 is 10.6 Å². The van der Waals surface area contributed by atoms with Crippen molar-refractivity contribution in [2.45, 2.75) is 25.3 Å². The minimum absolute atomic E-state index is 0.0375. The molecule has 1 amide bonds. The van der Waals surface area contributed by atoms with Gasteiger partial charge in [0.15, 0.2) is 0 Å². The van der Waals surface area contributed by atoms with Crippen molar-refractivity contribution in [3.05, 3.63) is 65.2 Å². The van der Waals surface area contributed by atoms with E-state index in [4.69, 9.17) is 0 Å². The second-order valence-corrected chi connectivity index (χ2v) is 6.25. The van der Waals surface area contributed by atoms with Gasteiger partial charge in [-0.05, 0) is 54.5 Å². The molecule has 0 spiro atoms. The first-order chi connectivity index (χ1) is 10.8. The van der Waals surface area contributed by atoms with Crippen LogP contribution in [0.1, 0.15) is 40.4 Å². The van der Waals surface area contributed by atoms with Crippen molar-refractivity contribution >= 4 is 11.6 Å². The number of anilines is 1. The number of hydrogen-bond acceptors (Lipinski definition) is 2. The third kappa shape index (κ3) is 2.59. The van der Waals surface area contributed by atoms with E-state index in [1.807, 2.05) is 36.4 Å². The Labute approximate surface area is 130 Å². The predicted molar refractivity (Wildman–Crippen MR) is 88.0 cm³/mol. The Morgan fingerprint density at radius 1 is 1.14 bits per heavy atom. The first-order valence-corrected chi connectivity index (χ1v) is 8.04. The molecule has 1 aliphatic carbocycles. The van der Waals surface area contributed by atoms with E-state index in [0.717, 1.165) is 18.5 Å². The summed E-state index contributed by atoms with van der Waals surface area (Å²) in [5.74, 6) is 0.623. The third-order valence-electron chi connectivity index (χ3n) is 4.62. The van der Waals surface area contributed by atoms with Crippen LogP contribution in [0.25, 0.3) is 0 Å². The monoisotopic (exact) mass is 292 g/mol. The number of carbonyl (C=O) groups excluding carboxylic acids is 1. The van der Waals surface area contributed by atoms with E-state index in [1.165, 1.54) is 29.7 Å². The molecule has 1 atom stereocenters. The molecule has 1 heterocycles. The summed E-state index contributed by atoms with van der Waals surface area (Å²) in [6, 6.07) is 16.4. The molecule has 3 nitrogen and oxygen atoms in total. The molecular formula is C19H20N2O. The molecule has 2 N–H and O–H groups in total. The van der Waals surface area contributed by atoms with E-state index in [1.54, 1.807) is 0 Å². The van der Waals surface area contributed by atoms with Gasteiger partial charge in [0.2, 0.25) is 0 Å². The average molecular weight is 292 g/mol. The second-order valence-electron chi connectivity index (χ2n) is 6.25. The minimum atomic E-state index is 0.0375. The van der Waals surface area contributed by atoms with E-state index in [9.17, 15) is 4.79 Å². The van der Waals surface area contributed by atoms with Crippen molar-refractivity contribution in [2.75, 3.05) is 11.9 Å². The summed E-state index contributed by atoms with van der Waals surface area (Å²) >= 11 is 0. The maximum absolute atomic E-state index is 12.6. The molecule has 0 bridgehead atoms. The standard InChI is InChI=1S/C19H20N2O/c22-19(16-8-9-17-15(12-16)10-11-20-17)21-18(14-6-7-14)13-4-2-1-3-5-13/h1-5,8-9,12,14,18,20H,6-7,10-11H2,(H,21,22). The van der Waals surface area contributed by atoms with E-state index >= 15 is 0 Å². The molecule has 1 fully saturated rings. The summed E-state index contributed by atoms with van der Waals surface area (Å²) < 4.78 is 0. The van der Waals surface area contributed by atoms with Gasteiger partial charge in [0.1, 0.15) is 0 Å². The van der Waals surface area contributed by atoms with E-state index in [2.05, 4.69) is 22.8 Å². The maximum atomic E-state index is 12.6. The molecule has 2 aliphatic rings. The second kappa shape index (κ2) is 5.48. The Bertz CT molecular complexity index is 692. The fraction of sp³-hybridized carbons (Fsp3) is 0.316. The molecule has 0 saturated heterocycles. The molecule has 0 aromatic heterocycles. The first kappa shape index (κ1) is 13.4. The summed E-state index contributed by atoms with van der Waals surface area (Å²) in [7, 11) is 0. The van der Waals surface area contributed by atoms with Gasteiger partial charge in [0.05, 0.1) is 6.04 Å². The number of nitrogens with one attached hydrogen (secondary N) is 2. The van der Waals surface area contributed by atoms with E-state index in [-0.39, 0.29) is 11.9 Å². The van der Waals surface area contributed by atoms with Gasteiger partial charge in [-0.3, -0.25) is 4.79 Å². The molecule has 1 saturated carbocycles. The van der Waals surface area contributed by atoms with Crippen LogP contribution in [-0.2, 0) is 6.42 Å². The highest BCUT2D eigenvalue weighted by atomic mass is 16.1. The van der Waals surface area contributed by atoms with Gasteiger partial charge < -0.3 is 10.6 Å². The number of rotatable bonds is 4. The van der Waals surface area contributed by atoms with Crippen molar-refractivity contribution in [3.63, 3.8) is 0 Å². The number of hydrogen-bond donors (Lipinski definition) is 2. The lowest BCUT2D eigenvalue weighted by Gasteiger charge is -2.19. The van der Waals surface area contributed by atoms with Gasteiger partial charge in [-0.1, -0.05) is 30.3 Å². The van der Waals surface area contributed by atoms with Crippen LogP contribution in [0.15, 0.2) is 48.5 Å². The van der Waals surface area contributed by atoms with Crippen LogP contribution in [0, 0.1) is 5.92 Å². The summed E-state index contributed by atoms with van der Waals surface area (Å²) in [6.07, 6.45) is 3.41. The molecule has 1 unspecified atom stereocenters. The van der Waals surface area contributed by atoms with E-state index in [0.29, 0.717) is 5.92 Å². The Balaban J connectivity index is 1.55. The highest BCUT2D eigenvalue weighted by Crippen LogP contribution is 2.41. The van der Waals surface area contributed by atoms with Crippen LogP contribution in [-0.4, -0.2) is 12.5 Å². The normalized spacial score (nSPS) is 17.5. The van der Waals surface area contributed by atoms with Crippen molar-refractivity contribution in [1.82, 2.24) is 5.32 Å². The summed E-state index contributed by atoms with van der Waals surface area (Å²) in [5, 5.41) is 6.57. The van der Waals surface area contributed by atoms with Crippen molar-refractivity contribution in [3.8, 4) is 0 Å². The van der Waals surface area contributed by atoms with Crippen LogP contribution in [0.5, 0.6) is 0 Å².